The molecule has 0 aliphatic carbocycles. The smallest absolute Gasteiger partial charge is 0.308 e. The summed E-state index contributed by atoms with van der Waals surface area (Å²) in [5.41, 5.74) is 0.632. The van der Waals surface area contributed by atoms with Crippen molar-refractivity contribution >= 4 is 23.5 Å². The molecule has 1 aromatic carbocycles. The lowest BCUT2D eigenvalue weighted by Crippen LogP contribution is -2.45. The number of carbonyl (C=O) groups is 3. The first-order chi connectivity index (χ1) is 10.9. The number of hydrogen-bond donors (Lipinski definition) is 0. The Morgan fingerprint density at radius 2 is 2.00 bits per heavy atom. The molecule has 1 heterocycles. The predicted molar refractivity (Wildman–Crippen MR) is 83.2 cm³/mol. The average Bonchev–Trinajstić information content (AvgIpc) is 2.52. The van der Waals surface area contributed by atoms with E-state index in [1.165, 1.54) is 9.80 Å². The highest BCUT2D eigenvalue weighted by atomic mass is 16.5. The molecule has 2 amide bonds. The van der Waals surface area contributed by atoms with Gasteiger partial charge in [0.2, 0.25) is 0 Å². The predicted octanol–water partition coefficient (Wildman–Crippen LogP) is 0.822. The summed E-state index contributed by atoms with van der Waals surface area (Å²) in [4.78, 5) is 38.2. The molecule has 0 bridgehead atoms. The first-order valence-corrected chi connectivity index (χ1v) is 7.33. The number of fused-ring (bicyclic) bond motifs is 1. The zero-order valence-electron chi connectivity index (χ0n) is 13.4. The van der Waals surface area contributed by atoms with E-state index in [4.69, 9.17) is 9.47 Å². The summed E-state index contributed by atoms with van der Waals surface area (Å²) < 4.78 is 10.4. The second-order valence-electron chi connectivity index (χ2n) is 5.42. The maximum absolute atomic E-state index is 12.2. The third-order valence-electron chi connectivity index (χ3n) is 3.47. The quantitative estimate of drug-likeness (QED) is 0.751. The van der Waals surface area contributed by atoms with Crippen LogP contribution < -0.4 is 9.64 Å². The Balaban J connectivity index is 1.95. The van der Waals surface area contributed by atoms with Crippen molar-refractivity contribution < 1.29 is 23.9 Å². The molecule has 0 aromatic heterocycles. The van der Waals surface area contributed by atoms with E-state index in [2.05, 4.69) is 0 Å². The highest BCUT2D eigenvalue weighted by Crippen LogP contribution is 2.33. The van der Waals surface area contributed by atoms with Crippen LogP contribution in [0, 0.1) is 0 Å². The van der Waals surface area contributed by atoms with Gasteiger partial charge in [0, 0.05) is 20.6 Å². The van der Waals surface area contributed by atoms with Crippen molar-refractivity contribution in [2.24, 2.45) is 0 Å². The Hall–Kier alpha value is -2.57. The molecular formula is C16H20N2O5. The molecule has 124 valence electrons. The molecule has 1 aliphatic rings. The molecule has 0 saturated heterocycles. The van der Waals surface area contributed by atoms with Gasteiger partial charge in [-0.25, -0.2) is 0 Å². The summed E-state index contributed by atoms with van der Waals surface area (Å²) in [7, 11) is 3.17. The summed E-state index contributed by atoms with van der Waals surface area (Å²) >= 11 is 0. The summed E-state index contributed by atoms with van der Waals surface area (Å²) in [5.74, 6) is -0.416. The van der Waals surface area contributed by atoms with Crippen LogP contribution in [0.15, 0.2) is 24.3 Å². The van der Waals surface area contributed by atoms with Gasteiger partial charge in [0.15, 0.2) is 12.7 Å². The number of likely N-dealkylation sites (N-methyl/N-ethyl adjacent to an activating group) is 1. The lowest BCUT2D eigenvalue weighted by atomic mass is 10.2. The van der Waals surface area contributed by atoms with Crippen LogP contribution in [0.5, 0.6) is 5.75 Å². The minimum Gasteiger partial charge on any atom is -0.479 e. The van der Waals surface area contributed by atoms with Crippen molar-refractivity contribution in [3.05, 3.63) is 24.3 Å². The summed E-state index contributed by atoms with van der Waals surface area (Å²) in [6.07, 6.45) is -0.593. The number of anilines is 1. The van der Waals surface area contributed by atoms with E-state index in [1.807, 2.05) is 6.07 Å². The van der Waals surface area contributed by atoms with Gasteiger partial charge >= 0.3 is 5.97 Å². The highest BCUT2D eigenvalue weighted by Gasteiger charge is 2.31. The Kier molecular flexibility index (Phi) is 5.20. The molecule has 2 rings (SSSR count). The molecule has 23 heavy (non-hydrogen) atoms. The van der Waals surface area contributed by atoms with Crippen LogP contribution in [0.4, 0.5) is 5.69 Å². The normalized spacial score (nSPS) is 16.4. The standard InChI is InChI=1S/C16H20N2O5/c1-11-16(21)18(12-6-4-5-7-13(12)23-11)9-8-15(20)22-10-14(19)17(2)3/h4-7,11H,8-10H2,1-3H3. The fourth-order valence-corrected chi connectivity index (χ4v) is 2.14. The van der Waals surface area contributed by atoms with Gasteiger partial charge in [-0.3, -0.25) is 14.4 Å². The van der Waals surface area contributed by atoms with Crippen molar-refractivity contribution in [3.63, 3.8) is 0 Å². The summed E-state index contributed by atoms with van der Waals surface area (Å²) in [5, 5.41) is 0. The zero-order chi connectivity index (χ0) is 17.0. The molecule has 7 nitrogen and oxygen atoms in total. The monoisotopic (exact) mass is 320 g/mol. The number of carbonyl (C=O) groups excluding carboxylic acids is 3. The maximum atomic E-state index is 12.2. The van der Waals surface area contributed by atoms with Gasteiger partial charge in [0.05, 0.1) is 12.1 Å². The van der Waals surface area contributed by atoms with Crippen LogP contribution in [0.2, 0.25) is 0 Å². The SMILES string of the molecule is CC1Oc2ccccc2N(CCC(=O)OCC(=O)N(C)C)C1=O. The third-order valence-corrected chi connectivity index (χ3v) is 3.47. The third kappa shape index (κ3) is 4.00. The van der Waals surface area contributed by atoms with Crippen LogP contribution >= 0.6 is 0 Å². The Morgan fingerprint density at radius 1 is 1.30 bits per heavy atom. The molecule has 1 atom stereocenters. The van der Waals surface area contributed by atoms with Crippen LogP contribution in [-0.2, 0) is 19.1 Å². The number of para-hydroxylation sites is 2. The minimum atomic E-state index is -0.601. The van der Waals surface area contributed by atoms with Gasteiger partial charge in [-0.2, -0.15) is 0 Å². The molecule has 0 spiro atoms. The minimum absolute atomic E-state index is 0.00744. The van der Waals surface area contributed by atoms with Crippen molar-refractivity contribution in [2.75, 3.05) is 32.1 Å². The van der Waals surface area contributed by atoms with Crippen molar-refractivity contribution in [1.29, 1.82) is 0 Å². The lowest BCUT2D eigenvalue weighted by Gasteiger charge is -2.32. The number of hydrogen-bond acceptors (Lipinski definition) is 5. The van der Waals surface area contributed by atoms with Crippen LogP contribution in [0.3, 0.4) is 0 Å². The maximum Gasteiger partial charge on any atom is 0.308 e. The van der Waals surface area contributed by atoms with Crippen LogP contribution in [0.1, 0.15) is 13.3 Å². The van der Waals surface area contributed by atoms with E-state index in [9.17, 15) is 14.4 Å². The van der Waals surface area contributed by atoms with Crippen LogP contribution in [-0.4, -0.2) is 56.0 Å². The number of nitrogens with zero attached hydrogens (tertiary/aromatic N) is 2. The van der Waals surface area contributed by atoms with Gasteiger partial charge in [-0.15, -0.1) is 0 Å². The summed E-state index contributed by atoms with van der Waals surface area (Å²) in [6, 6.07) is 7.16. The Morgan fingerprint density at radius 3 is 2.70 bits per heavy atom. The van der Waals surface area contributed by atoms with E-state index in [-0.39, 0.29) is 31.4 Å². The molecule has 7 heteroatoms. The largest absolute Gasteiger partial charge is 0.479 e. The van der Waals surface area contributed by atoms with Crippen molar-refractivity contribution in [2.45, 2.75) is 19.4 Å². The molecule has 0 saturated carbocycles. The fourth-order valence-electron chi connectivity index (χ4n) is 2.14. The van der Waals surface area contributed by atoms with E-state index >= 15 is 0 Å². The van der Waals surface area contributed by atoms with Gasteiger partial charge in [-0.05, 0) is 19.1 Å². The second kappa shape index (κ2) is 7.13. The van der Waals surface area contributed by atoms with Gasteiger partial charge in [-0.1, -0.05) is 12.1 Å². The van der Waals surface area contributed by atoms with E-state index in [1.54, 1.807) is 39.2 Å². The molecule has 1 unspecified atom stereocenters. The number of esters is 1. The number of benzene rings is 1. The molecule has 0 N–H and O–H groups in total. The molecular weight excluding hydrogens is 300 g/mol. The lowest BCUT2D eigenvalue weighted by molar-refractivity contribution is -0.150. The first-order valence-electron chi connectivity index (χ1n) is 7.33. The van der Waals surface area contributed by atoms with E-state index in [0.717, 1.165) is 0 Å². The highest BCUT2D eigenvalue weighted by molar-refractivity contribution is 6.00. The van der Waals surface area contributed by atoms with Crippen LogP contribution in [0.25, 0.3) is 0 Å². The molecule has 1 aliphatic heterocycles. The Bertz CT molecular complexity index is 614. The number of amides is 2. The average molecular weight is 320 g/mol. The molecule has 0 fully saturated rings. The van der Waals surface area contributed by atoms with Gasteiger partial charge in [0.1, 0.15) is 5.75 Å². The number of ether oxygens (including phenoxy) is 2. The molecule has 1 aromatic rings. The fraction of sp³-hybridized carbons (Fsp3) is 0.438. The first kappa shape index (κ1) is 16.8. The zero-order valence-corrected chi connectivity index (χ0v) is 13.4. The van der Waals surface area contributed by atoms with Gasteiger partial charge < -0.3 is 19.3 Å². The van der Waals surface area contributed by atoms with E-state index < -0.39 is 12.1 Å². The van der Waals surface area contributed by atoms with E-state index in [0.29, 0.717) is 11.4 Å². The molecule has 0 radical (unpaired) electrons. The van der Waals surface area contributed by atoms with Crippen molar-refractivity contribution in [3.8, 4) is 5.75 Å². The second-order valence-corrected chi connectivity index (χ2v) is 5.42. The van der Waals surface area contributed by atoms with Crippen molar-refractivity contribution in [1.82, 2.24) is 4.90 Å². The number of rotatable bonds is 5. The summed E-state index contributed by atoms with van der Waals surface area (Å²) in [6.45, 7) is 1.55. The van der Waals surface area contributed by atoms with Gasteiger partial charge in [0.25, 0.3) is 11.8 Å². The topological polar surface area (TPSA) is 76.2 Å². The Labute approximate surface area is 134 Å².